The number of aromatic nitrogens is 9. The summed E-state index contributed by atoms with van der Waals surface area (Å²) in [5.41, 5.74) is 8.16. The van der Waals surface area contributed by atoms with Gasteiger partial charge in [0.2, 0.25) is 26.3 Å². The third kappa shape index (κ3) is 15.5. The van der Waals surface area contributed by atoms with Crippen LogP contribution in [0.5, 0.6) is 34.5 Å². The van der Waals surface area contributed by atoms with Crippen LogP contribution in [0.4, 0.5) is 0 Å². The predicted molar refractivity (Wildman–Crippen MR) is 317 cm³/mol. The van der Waals surface area contributed by atoms with E-state index in [-0.39, 0.29) is 56.5 Å². The molecule has 0 saturated carbocycles. The Hall–Kier alpha value is -10.3. The summed E-state index contributed by atoms with van der Waals surface area (Å²) < 4.78 is 46.5. The number of likely N-dealkylation sites (tertiary alicyclic amines) is 1. The molecule has 4 unspecified atom stereocenters. The highest BCUT2D eigenvalue weighted by Crippen LogP contribution is 2.40. The summed E-state index contributed by atoms with van der Waals surface area (Å²) in [5.74, 6) is 4.49. The van der Waals surface area contributed by atoms with Crippen LogP contribution in [0.3, 0.4) is 0 Å². The number of benzene rings is 6. The lowest BCUT2D eigenvalue weighted by molar-refractivity contribution is -0.141. The minimum Gasteiger partial charge on any atom is -0.469 e. The van der Waals surface area contributed by atoms with Crippen LogP contribution in [-0.4, -0.2) is 132 Å². The van der Waals surface area contributed by atoms with Crippen LogP contribution in [0.1, 0.15) is 72.8 Å². The fraction of sp³-hybridized carbons (Fsp3) is 0.254. The van der Waals surface area contributed by atoms with Gasteiger partial charge in [0.1, 0.15) is 38.0 Å². The molecule has 23 nitrogen and oxygen atoms in total. The van der Waals surface area contributed by atoms with Crippen LogP contribution in [0.15, 0.2) is 171 Å². The molecule has 6 aromatic carbocycles. The number of fused-ring (bicyclic) bond motifs is 3. The number of hydrogen-bond donors (Lipinski definition) is 2. The van der Waals surface area contributed by atoms with E-state index in [9.17, 15) is 14.4 Å². The Morgan fingerprint density at radius 2 is 0.954 bits per heavy atom. The minimum atomic E-state index is -1.46. The van der Waals surface area contributed by atoms with Crippen LogP contribution < -0.4 is 33.9 Å². The standard InChI is InChI=1S/C25H28N4O3.C19H17N3O4.C12H11N3O2.C7H7BO4/c1-17-9-18(2)13-28(12-17)25(30)11-22(20-5-8-23-24(10-20)32-16-31-23)19-3-6-21(7-4-19)29-15-26-14-27-29;1-24-19(23)9-16(14-4-7-17-18(8-14)26-12-25-17)13-2-5-15(6-3-13)22-11-20-10-21-22;1-17-12(16)7-4-10-2-5-11(6-3-10)15-9-13-8-14-15;9-8(10)5-1-2-6-7(3-5)12-4-11-6/h3-8,10,14-15,17-18,22H,9,11-13,16H2,1-2H3;2-8,10-11,16H,9,12H2,1H3;2-9H,1H3;1-3,9-10H,4H2/b;;7-4+;. The van der Waals surface area contributed by atoms with E-state index in [1.165, 1.54) is 45.7 Å². The summed E-state index contributed by atoms with van der Waals surface area (Å²) in [6, 6.07) is 40.1. The van der Waals surface area contributed by atoms with Gasteiger partial charge in [-0.05, 0) is 130 Å². The highest BCUT2D eigenvalue weighted by Gasteiger charge is 2.30. The molecule has 446 valence electrons. The Kier molecular flexibility index (Phi) is 19.6. The zero-order valence-corrected chi connectivity index (χ0v) is 48.1. The molecule has 1 amide bonds. The molecule has 24 heteroatoms. The molecular formula is C63H63BN10O13. The summed E-state index contributed by atoms with van der Waals surface area (Å²) in [6.45, 7) is 6.78. The van der Waals surface area contributed by atoms with Crippen LogP contribution in [0, 0.1) is 11.8 Å². The second-order valence-electron chi connectivity index (χ2n) is 20.7. The van der Waals surface area contributed by atoms with Crippen LogP contribution in [0.25, 0.3) is 23.1 Å². The first-order chi connectivity index (χ1) is 42.4. The highest BCUT2D eigenvalue weighted by molar-refractivity contribution is 6.58. The second kappa shape index (κ2) is 28.5. The molecule has 87 heavy (non-hydrogen) atoms. The summed E-state index contributed by atoms with van der Waals surface area (Å²) in [4.78, 5) is 50.1. The maximum atomic E-state index is 13.4. The van der Waals surface area contributed by atoms with Gasteiger partial charge in [0, 0.05) is 37.4 Å². The van der Waals surface area contributed by atoms with E-state index < -0.39 is 7.12 Å². The van der Waals surface area contributed by atoms with Crippen molar-refractivity contribution in [3.8, 4) is 51.6 Å². The first-order valence-electron chi connectivity index (χ1n) is 27.9. The SMILES string of the molecule is CC1CC(C)CN(C(=O)CC(c2ccc(-n3cncn3)cc2)c2ccc3c(c2)OCO3)C1.COC(=O)/C=C/c1ccc(-n2cncn2)cc1.COC(=O)CC(c1ccc(-n2cncn2)cc1)c1ccc2c(c1)OCO2.OB(O)c1ccc2c(c1)OCO2. The lowest BCUT2D eigenvalue weighted by atomic mass is 9.80. The van der Waals surface area contributed by atoms with E-state index in [4.69, 9.17) is 43.2 Å². The fourth-order valence-electron chi connectivity index (χ4n) is 10.3. The molecule has 13 rings (SSSR count). The summed E-state index contributed by atoms with van der Waals surface area (Å²) in [5, 5.41) is 30.0. The molecule has 4 aliphatic rings. The van der Waals surface area contributed by atoms with Gasteiger partial charge < -0.3 is 52.8 Å². The number of carbonyl (C=O) groups is 3. The number of ether oxygens (including phenoxy) is 8. The molecule has 0 spiro atoms. The largest absolute Gasteiger partial charge is 0.488 e. The van der Waals surface area contributed by atoms with Gasteiger partial charge in [-0.25, -0.2) is 33.8 Å². The highest BCUT2D eigenvalue weighted by atomic mass is 16.7. The molecule has 3 aromatic heterocycles. The predicted octanol–water partition coefficient (Wildman–Crippen LogP) is 7.26. The number of esters is 2. The van der Waals surface area contributed by atoms with Crippen molar-refractivity contribution in [2.75, 3.05) is 47.7 Å². The van der Waals surface area contributed by atoms with Crippen molar-refractivity contribution in [2.45, 2.75) is 44.9 Å². The number of hydrogen-bond acceptors (Lipinski definition) is 19. The zero-order valence-electron chi connectivity index (χ0n) is 48.1. The van der Waals surface area contributed by atoms with Crippen molar-refractivity contribution in [1.82, 2.24) is 49.2 Å². The molecule has 0 aliphatic carbocycles. The summed E-state index contributed by atoms with van der Waals surface area (Å²) in [6.07, 6.45) is 14.3. The molecule has 0 radical (unpaired) electrons. The van der Waals surface area contributed by atoms with Gasteiger partial charge in [-0.1, -0.05) is 68.4 Å². The summed E-state index contributed by atoms with van der Waals surface area (Å²) in [7, 11) is 1.28. The van der Waals surface area contributed by atoms with Crippen LogP contribution in [0.2, 0.25) is 0 Å². The van der Waals surface area contributed by atoms with E-state index >= 15 is 0 Å². The van der Waals surface area contributed by atoms with Gasteiger partial charge in [0.25, 0.3) is 0 Å². The molecule has 4 atom stereocenters. The smallest absolute Gasteiger partial charge is 0.469 e. The van der Waals surface area contributed by atoms with E-state index in [0.29, 0.717) is 46.7 Å². The Bertz CT molecular complexity index is 3730. The van der Waals surface area contributed by atoms with Crippen LogP contribution in [-0.2, 0) is 23.9 Å². The van der Waals surface area contributed by atoms with Crippen molar-refractivity contribution in [1.29, 1.82) is 0 Å². The normalized spacial score (nSPS) is 15.6. The summed E-state index contributed by atoms with van der Waals surface area (Å²) >= 11 is 0. The number of carbonyl (C=O) groups excluding carboxylic acids is 3. The number of piperidine rings is 1. The quantitative estimate of drug-likeness (QED) is 0.0616. The molecule has 4 aliphatic heterocycles. The molecule has 1 fully saturated rings. The molecule has 9 aromatic rings. The Labute approximate surface area is 501 Å². The molecule has 1 saturated heterocycles. The van der Waals surface area contributed by atoms with Crippen molar-refractivity contribution in [3.63, 3.8) is 0 Å². The van der Waals surface area contributed by atoms with E-state index in [2.05, 4.69) is 61.0 Å². The lowest BCUT2D eigenvalue weighted by Crippen LogP contribution is -2.43. The third-order valence-corrected chi connectivity index (χ3v) is 14.6. The Morgan fingerprint density at radius 3 is 1.38 bits per heavy atom. The molecule has 0 bridgehead atoms. The zero-order chi connectivity index (χ0) is 60.7. The van der Waals surface area contributed by atoms with Crippen molar-refractivity contribution >= 4 is 36.5 Å². The number of rotatable bonds is 14. The Morgan fingerprint density at radius 1 is 0.540 bits per heavy atom. The van der Waals surface area contributed by atoms with Gasteiger partial charge in [-0.3, -0.25) is 9.59 Å². The molecule has 7 heterocycles. The van der Waals surface area contributed by atoms with Crippen molar-refractivity contribution in [3.05, 3.63) is 199 Å². The number of methoxy groups -OCH3 is 2. The van der Waals surface area contributed by atoms with Crippen molar-refractivity contribution in [2.24, 2.45) is 11.8 Å². The second-order valence-corrected chi connectivity index (χ2v) is 20.7. The Balaban J connectivity index is 0.000000136. The number of nitrogens with zero attached hydrogens (tertiary/aromatic N) is 10. The lowest BCUT2D eigenvalue weighted by Gasteiger charge is -2.36. The number of amides is 1. The van der Waals surface area contributed by atoms with Gasteiger partial charge in [-0.2, -0.15) is 15.3 Å². The average molecular weight is 1180 g/mol. The maximum absolute atomic E-state index is 13.4. The molecule has 2 N–H and O–H groups in total. The first-order valence-corrected chi connectivity index (χ1v) is 27.9. The minimum absolute atomic E-state index is 0.0747. The van der Waals surface area contributed by atoms with Gasteiger partial charge >= 0.3 is 19.1 Å². The molecular weight excluding hydrogens is 1120 g/mol. The topological polar surface area (TPSA) is 261 Å². The monoisotopic (exact) mass is 1180 g/mol. The fourth-order valence-corrected chi connectivity index (χ4v) is 10.3. The maximum Gasteiger partial charge on any atom is 0.488 e. The van der Waals surface area contributed by atoms with Gasteiger partial charge in [0.15, 0.2) is 34.5 Å². The van der Waals surface area contributed by atoms with E-state index in [1.54, 1.807) is 57.3 Å². The average Bonchev–Trinajstić information content (AvgIpc) is 4.48. The van der Waals surface area contributed by atoms with Gasteiger partial charge in [0.05, 0.1) is 37.7 Å². The van der Waals surface area contributed by atoms with Gasteiger partial charge in [-0.15, -0.1) is 0 Å². The third-order valence-electron chi connectivity index (χ3n) is 14.6. The van der Waals surface area contributed by atoms with Crippen molar-refractivity contribution < 1.29 is 62.3 Å². The van der Waals surface area contributed by atoms with Crippen LogP contribution >= 0.6 is 0 Å². The van der Waals surface area contributed by atoms with E-state index in [0.717, 1.165) is 69.5 Å². The first kappa shape index (κ1) is 59.8. The van der Waals surface area contributed by atoms with E-state index in [1.807, 2.05) is 102 Å².